The Kier molecular flexibility index (Phi) is 5.69. The largest absolute Gasteiger partial charge is 0.311 e. The Balaban J connectivity index is 2.01. The second-order valence-electron chi connectivity index (χ2n) is 5.50. The van der Waals surface area contributed by atoms with Gasteiger partial charge in [0.1, 0.15) is 5.82 Å². The van der Waals surface area contributed by atoms with Crippen LogP contribution in [-0.2, 0) is 11.2 Å². The summed E-state index contributed by atoms with van der Waals surface area (Å²) in [4.78, 5) is 16.3. The van der Waals surface area contributed by atoms with Crippen LogP contribution in [0.15, 0.2) is 30.7 Å². The summed E-state index contributed by atoms with van der Waals surface area (Å²) >= 11 is 0. The fraction of sp³-hybridized carbons (Fsp3) is 0.471. The van der Waals surface area contributed by atoms with E-state index in [0.29, 0.717) is 18.9 Å². The van der Waals surface area contributed by atoms with E-state index in [-0.39, 0.29) is 5.91 Å². The maximum Gasteiger partial charge on any atom is 0.225 e. The molecule has 0 spiro atoms. The van der Waals surface area contributed by atoms with E-state index in [9.17, 15) is 4.79 Å². The van der Waals surface area contributed by atoms with Crippen molar-refractivity contribution in [2.75, 3.05) is 5.32 Å². The smallest absolute Gasteiger partial charge is 0.225 e. The number of aromatic nitrogens is 3. The Hall–Kier alpha value is -2.17. The molecule has 0 bridgehead atoms. The Morgan fingerprint density at radius 2 is 2.09 bits per heavy atom. The highest BCUT2D eigenvalue weighted by atomic mass is 16.1. The molecule has 5 heteroatoms. The maximum atomic E-state index is 12.2. The Labute approximate surface area is 131 Å². The van der Waals surface area contributed by atoms with Gasteiger partial charge in [-0.05, 0) is 37.8 Å². The molecule has 22 heavy (non-hydrogen) atoms. The normalized spacial score (nSPS) is 10.9. The number of hydrogen-bond acceptors (Lipinski definition) is 3. The van der Waals surface area contributed by atoms with Crippen molar-refractivity contribution in [2.45, 2.75) is 52.5 Å². The average molecular weight is 300 g/mol. The number of nitrogens with zero attached hydrogens (tertiary/aromatic N) is 3. The third-order valence-electron chi connectivity index (χ3n) is 3.89. The van der Waals surface area contributed by atoms with E-state index < -0.39 is 0 Å². The van der Waals surface area contributed by atoms with E-state index in [0.717, 1.165) is 29.8 Å². The molecule has 0 unspecified atom stereocenters. The molecule has 2 aromatic rings. The molecule has 0 saturated carbocycles. The highest BCUT2D eigenvalue weighted by molar-refractivity contribution is 5.90. The summed E-state index contributed by atoms with van der Waals surface area (Å²) < 4.78 is 1.94. The first-order valence-electron chi connectivity index (χ1n) is 7.88. The monoisotopic (exact) mass is 300 g/mol. The van der Waals surface area contributed by atoms with Crippen molar-refractivity contribution in [3.63, 3.8) is 0 Å². The van der Waals surface area contributed by atoms with Crippen LogP contribution >= 0.6 is 0 Å². The van der Waals surface area contributed by atoms with Gasteiger partial charge < -0.3 is 5.32 Å². The predicted molar refractivity (Wildman–Crippen MR) is 87.8 cm³/mol. The molecule has 0 atom stereocenters. The van der Waals surface area contributed by atoms with Gasteiger partial charge in [-0.2, -0.15) is 5.10 Å². The Morgan fingerprint density at radius 3 is 2.73 bits per heavy atom. The molecule has 2 heterocycles. The van der Waals surface area contributed by atoms with Gasteiger partial charge in [-0.15, -0.1) is 0 Å². The summed E-state index contributed by atoms with van der Waals surface area (Å²) in [5.74, 6) is 0.838. The zero-order chi connectivity index (χ0) is 15.9. The third kappa shape index (κ3) is 3.93. The minimum absolute atomic E-state index is 0.0136. The molecule has 0 saturated heterocycles. The quantitative estimate of drug-likeness (QED) is 0.851. The van der Waals surface area contributed by atoms with Crippen LogP contribution in [0.4, 0.5) is 5.82 Å². The number of rotatable bonds is 7. The predicted octanol–water partition coefficient (Wildman–Crippen LogP) is 3.52. The van der Waals surface area contributed by atoms with Crippen LogP contribution in [-0.4, -0.2) is 20.7 Å². The lowest BCUT2D eigenvalue weighted by Crippen LogP contribution is -2.19. The minimum atomic E-state index is 0.0136. The van der Waals surface area contributed by atoms with Crippen LogP contribution in [0.5, 0.6) is 0 Å². The number of anilines is 1. The number of hydrogen-bond donors (Lipinski definition) is 1. The zero-order valence-electron chi connectivity index (χ0n) is 13.5. The van der Waals surface area contributed by atoms with Gasteiger partial charge in [-0.1, -0.05) is 19.9 Å². The first-order chi connectivity index (χ1) is 10.7. The summed E-state index contributed by atoms with van der Waals surface area (Å²) in [6.45, 7) is 6.25. The highest BCUT2D eigenvalue weighted by Gasteiger charge is 2.16. The van der Waals surface area contributed by atoms with E-state index in [2.05, 4.69) is 29.2 Å². The molecule has 0 aromatic carbocycles. The molecule has 1 amide bonds. The van der Waals surface area contributed by atoms with Gasteiger partial charge in [0.25, 0.3) is 0 Å². The van der Waals surface area contributed by atoms with E-state index in [1.165, 1.54) is 0 Å². The van der Waals surface area contributed by atoms with Crippen LogP contribution in [0.3, 0.4) is 0 Å². The molecule has 0 aliphatic carbocycles. The van der Waals surface area contributed by atoms with Crippen molar-refractivity contribution in [3.8, 4) is 0 Å². The summed E-state index contributed by atoms with van der Waals surface area (Å²) in [7, 11) is 0. The number of nitrogens with one attached hydrogen (secondary N) is 1. The maximum absolute atomic E-state index is 12.2. The topological polar surface area (TPSA) is 59.8 Å². The van der Waals surface area contributed by atoms with Crippen LogP contribution in [0, 0.1) is 6.92 Å². The lowest BCUT2D eigenvalue weighted by molar-refractivity contribution is -0.116. The lowest BCUT2D eigenvalue weighted by atomic mass is 10.1. The van der Waals surface area contributed by atoms with Crippen molar-refractivity contribution >= 4 is 11.7 Å². The molecule has 118 valence electrons. The van der Waals surface area contributed by atoms with Gasteiger partial charge in [-0.25, -0.2) is 4.68 Å². The molecule has 0 aliphatic rings. The fourth-order valence-corrected chi connectivity index (χ4v) is 2.51. The Morgan fingerprint density at radius 1 is 1.32 bits per heavy atom. The molecular weight excluding hydrogens is 276 g/mol. The SMILES string of the molecule is CCC(CC)n1ncc(C)c1NC(=O)CCc1cccnc1. The second-order valence-corrected chi connectivity index (χ2v) is 5.50. The molecule has 2 rings (SSSR count). The molecule has 0 fully saturated rings. The minimum Gasteiger partial charge on any atom is -0.311 e. The first kappa shape index (κ1) is 16.2. The zero-order valence-corrected chi connectivity index (χ0v) is 13.5. The number of aryl methyl sites for hydroxylation is 2. The van der Waals surface area contributed by atoms with Crippen LogP contribution in [0.2, 0.25) is 0 Å². The summed E-state index contributed by atoms with van der Waals surface area (Å²) in [5.41, 5.74) is 2.07. The summed E-state index contributed by atoms with van der Waals surface area (Å²) in [6, 6.07) is 4.20. The molecule has 0 aliphatic heterocycles. The standard InChI is InChI=1S/C17H24N4O/c1-4-15(5-2)21-17(13(3)11-19-21)20-16(22)9-8-14-7-6-10-18-12-14/h6-7,10-12,15H,4-5,8-9H2,1-3H3,(H,20,22). The van der Waals surface area contributed by atoms with Gasteiger partial charge in [-0.3, -0.25) is 9.78 Å². The van der Waals surface area contributed by atoms with Crippen molar-refractivity contribution < 1.29 is 4.79 Å². The first-order valence-corrected chi connectivity index (χ1v) is 7.88. The molecule has 1 N–H and O–H groups in total. The third-order valence-corrected chi connectivity index (χ3v) is 3.89. The fourth-order valence-electron chi connectivity index (χ4n) is 2.51. The number of amides is 1. The van der Waals surface area contributed by atoms with Gasteiger partial charge in [0, 0.05) is 24.4 Å². The van der Waals surface area contributed by atoms with Crippen molar-refractivity contribution in [2.24, 2.45) is 0 Å². The number of pyridine rings is 1. The van der Waals surface area contributed by atoms with Crippen molar-refractivity contribution in [1.82, 2.24) is 14.8 Å². The van der Waals surface area contributed by atoms with Crippen LogP contribution < -0.4 is 5.32 Å². The van der Waals surface area contributed by atoms with E-state index in [1.807, 2.05) is 29.9 Å². The Bertz CT molecular complexity index is 602. The number of carbonyl (C=O) groups excluding carboxylic acids is 1. The van der Waals surface area contributed by atoms with Gasteiger partial charge in [0.15, 0.2) is 0 Å². The second kappa shape index (κ2) is 7.73. The lowest BCUT2D eigenvalue weighted by Gasteiger charge is -2.17. The summed E-state index contributed by atoms with van der Waals surface area (Å²) in [6.07, 6.45) is 8.48. The van der Waals surface area contributed by atoms with Crippen LogP contribution in [0.1, 0.15) is 50.3 Å². The van der Waals surface area contributed by atoms with E-state index >= 15 is 0 Å². The van der Waals surface area contributed by atoms with Gasteiger partial charge >= 0.3 is 0 Å². The van der Waals surface area contributed by atoms with Crippen LogP contribution in [0.25, 0.3) is 0 Å². The van der Waals surface area contributed by atoms with E-state index in [4.69, 9.17) is 0 Å². The number of carbonyl (C=O) groups is 1. The average Bonchev–Trinajstić information content (AvgIpc) is 2.89. The molecule has 5 nitrogen and oxygen atoms in total. The van der Waals surface area contributed by atoms with Crippen molar-refractivity contribution in [1.29, 1.82) is 0 Å². The van der Waals surface area contributed by atoms with E-state index in [1.54, 1.807) is 12.4 Å². The molecular formula is C17H24N4O. The van der Waals surface area contributed by atoms with Crippen molar-refractivity contribution in [3.05, 3.63) is 41.9 Å². The molecule has 0 radical (unpaired) electrons. The van der Waals surface area contributed by atoms with Gasteiger partial charge in [0.2, 0.25) is 5.91 Å². The molecule has 2 aromatic heterocycles. The summed E-state index contributed by atoms with van der Waals surface area (Å²) in [5, 5.41) is 7.44. The van der Waals surface area contributed by atoms with Gasteiger partial charge in [0.05, 0.1) is 12.2 Å². The highest BCUT2D eigenvalue weighted by Crippen LogP contribution is 2.23.